The molecule has 2 heterocycles. The van der Waals surface area contributed by atoms with Gasteiger partial charge in [0.25, 0.3) is 11.8 Å². The standard InChI is InChI=1S/C23H23ClN4O2/c1-14-12-15(4-6-17(14)21(30)28-10-2-3-11-28)20(29)27-23(8-9-23)22-25-18-7-5-16(24)13-19(18)26-22/h4-7,12-13H,2-3,8-11H2,1H3,(H,25,26)(H,27,29). The molecule has 1 aliphatic carbocycles. The molecule has 30 heavy (non-hydrogen) atoms. The van der Waals surface area contributed by atoms with Crippen molar-refractivity contribution in [1.29, 1.82) is 0 Å². The maximum absolute atomic E-state index is 13.0. The molecule has 0 spiro atoms. The summed E-state index contributed by atoms with van der Waals surface area (Å²) in [5, 5.41) is 3.79. The number of fused-ring (bicyclic) bond motifs is 1. The highest BCUT2D eigenvalue weighted by molar-refractivity contribution is 6.31. The van der Waals surface area contributed by atoms with Crippen LogP contribution in [0.3, 0.4) is 0 Å². The Labute approximate surface area is 179 Å². The minimum absolute atomic E-state index is 0.0524. The highest BCUT2D eigenvalue weighted by Gasteiger charge is 2.48. The van der Waals surface area contributed by atoms with Crippen molar-refractivity contribution in [2.75, 3.05) is 13.1 Å². The largest absolute Gasteiger partial charge is 0.340 e. The summed E-state index contributed by atoms with van der Waals surface area (Å²) in [5.74, 6) is 0.650. The van der Waals surface area contributed by atoms with Gasteiger partial charge in [0.1, 0.15) is 5.82 Å². The number of imidazole rings is 1. The molecule has 0 unspecified atom stereocenters. The van der Waals surface area contributed by atoms with E-state index in [1.54, 1.807) is 24.3 Å². The number of carbonyl (C=O) groups is 2. The molecule has 2 amide bonds. The van der Waals surface area contributed by atoms with Crippen molar-refractivity contribution >= 4 is 34.4 Å². The van der Waals surface area contributed by atoms with Gasteiger partial charge in [-0.1, -0.05) is 11.6 Å². The first kappa shape index (κ1) is 19.1. The Hall–Kier alpha value is -2.86. The van der Waals surface area contributed by atoms with Crippen molar-refractivity contribution in [3.63, 3.8) is 0 Å². The van der Waals surface area contributed by atoms with Crippen LogP contribution >= 0.6 is 11.6 Å². The van der Waals surface area contributed by atoms with E-state index in [1.165, 1.54) is 0 Å². The topological polar surface area (TPSA) is 78.1 Å². The molecule has 7 heteroatoms. The first-order valence-electron chi connectivity index (χ1n) is 10.3. The van der Waals surface area contributed by atoms with Gasteiger partial charge >= 0.3 is 0 Å². The molecule has 1 aromatic heterocycles. The number of amides is 2. The minimum atomic E-state index is -0.472. The predicted octanol–water partition coefficient (Wildman–Crippen LogP) is 4.18. The van der Waals surface area contributed by atoms with Gasteiger partial charge in [-0.15, -0.1) is 0 Å². The fourth-order valence-electron chi connectivity index (χ4n) is 4.18. The number of nitrogens with one attached hydrogen (secondary N) is 2. The summed E-state index contributed by atoms with van der Waals surface area (Å²) >= 11 is 6.07. The molecule has 1 saturated heterocycles. The summed E-state index contributed by atoms with van der Waals surface area (Å²) in [6, 6.07) is 10.8. The van der Waals surface area contributed by atoms with E-state index in [9.17, 15) is 9.59 Å². The SMILES string of the molecule is Cc1cc(C(=O)NC2(c3nc4ccc(Cl)cc4[nH]3)CC2)ccc1C(=O)N1CCCC1. The Morgan fingerprint density at radius 3 is 2.60 bits per heavy atom. The number of hydrogen-bond acceptors (Lipinski definition) is 3. The number of hydrogen-bond donors (Lipinski definition) is 2. The van der Waals surface area contributed by atoms with Gasteiger partial charge in [-0.2, -0.15) is 0 Å². The summed E-state index contributed by atoms with van der Waals surface area (Å²) < 4.78 is 0. The van der Waals surface area contributed by atoms with Crippen LogP contribution in [-0.2, 0) is 5.54 Å². The Kier molecular flexibility index (Phi) is 4.54. The normalized spacial score (nSPS) is 17.3. The Morgan fingerprint density at radius 1 is 1.13 bits per heavy atom. The van der Waals surface area contributed by atoms with Crippen molar-refractivity contribution in [3.8, 4) is 0 Å². The van der Waals surface area contributed by atoms with E-state index in [-0.39, 0.29) is 11.8 Å². The molecule has 1 aliphatic heterocycles. The van der Waals surface area contributed by atoms with Gasteiger partial charge in [-0.25, -0.2) is 4.98 Å². The lowest BCUT2D eigenvalue weighted by atomic mass is 10.0. The van der Waals surface area contributed by atoms with Crippen LogP contribution in [0.25, 0.3) is 11.0 Å². The average Bonchev–Trinajstić information content (AvgIpc) is 3.14. The van der Waals surface area contributed by atoms with Crippen LogP contribution in [0.15, 0.2) is 36.4 Å². The summed E-state index contributed by atoms with van der Waals surface area (Å²) in [4.78, 5) is 35.5. The van der Waals surface area contributed by atoms with Gasteiger partial charge in [0.05, 0.1) is 16.6 Å². The summed E-state index contributed by atoms with van der Waals surface area (Å²) in [7, 11) is 0. The van der Waals surface area contributed by atoms with E-state index in [0.29, 0.717) is 16.1 Å². The number of H-pyrrole nitrogens is 1. The Morgan fingerprint density at radius 2 is 1.90 bits per heavy atom. The number of benzene rings is 2. The zero-order valence-electron chi connectivity index (χ0n) is 16.8. The van der Waals surface area contributed by atoms with Crippen molar-refractivity contribution in [2.45, 2.75) is 38.1 Å². The van der Waals surface area contributed by atoms with E-state index in [2.05, 4.69) is 15.3 Å². The first-order valence-corrected chi connectivity index (χ1v) is 10.7. The fourth-order valence-corrected chi connectivity index (χ4v) is 4.35. The van der Waals surface area contributed by atoms with E-state index >= 15 is 0 Å². The number of aryl methyl sites for hydroxylation is 1. The van der Waals surface area contributed by atoms with Crippen molar-refractivity contribution in [2.24, 2.45) is 0 Å². The number of halogens is 1. The lowest BCUT2D eigenvalue weighted by molar-refractivity contribution is 0.0791. The highest BCUT2D eigenvalue weighted by atomic mass is 35.5. The van der Waals surface area contributed by atoms with Crippen LogP contribution in [0.4, 0.5) is 0 Å². The molecule has 2 fully saturated rings. The van der Waals surface area contributed by atoms with E-state index < -0.39 is 5.54 Å². The monoisotopic (exact) mass is 422 g/mol. The second kappa shape index (κ2) is 7.13. The van der Waals surface area contributed by atoms with Crippen molar-refractivity contribution in [3.05, 3.63) is 63.9 Å². The second-order valence-electron chi connectivity index (χ2n) is 8.31. The lowest BCUT2D eigenvalue weighted by Gasteiger charge is -2.18. The lowest BCUT2D eigenvalue weighted by Crippen LogP contribution is -2.36. The van der Waals surface area contributed by atoms with Gasteiger partial charge < -0.3 is 15.2 Å². The Balaban J connectivity index is 1.35. The Bertz CT molecular complexity index is 1160. The quantitative estimate of drug-likeness (QED) is 0.662. The van der Waals surface area contributed by atoms with Crippen LogP contribution in [0.1, 0.15) is 57.8 Å². The molecule has 0 atom stereocenters. The summed E-state index contributed by atoms with van der Waals surface area (Å²) in [6.45, 7) is 3.51. The predicted molar refractivity (Wildman–Crippen MR) is 116 cm³/mol. The van der Waals surface area contributed by atoms with Crippen LogP contribution < -0.4 is 5.32 Å². The van der Waals surface area contributed by atoms with Crippen LogP contribution in [0.2, 0.25) is 5.02 Å². The van der Waals surface area contributed by atoms with E-state index in [0.717, 1.165) is 61.2 Å². The minimum Gasteiger partial charge on any atom is -0.340 e. The number of carbonyl (C=O) groups excluding carboxylic acids is 2. The third kappa shape index (κ3) is 3.35. The molecular weight excluding hydrogens is 400 g/mol. The third-order valence-corrected chi connectivity index (χ3v) is 6.35. The number of likely N-dealkylation sites (tertiary alicyclic amines) is 1. The molecule has 2 aliphatic rings. The molecule has 0 bridgehead atoms. The molecule has 1 saturated carbocycles. The fraction of sp³-hybridized carbons (Fsp3) is 0.348. The molecule has 6 nitrogen and oxygen atoms in total. The molecule has 3 aromatic rings. The highest BCUT2D eigenvalue weighted by Crippen LogP contribution is 2.45. The molecule has 2 N–H and O–H groups in total. The molecular formula is C23H23ClN4O2. The summed E-state index contributed by atoms with van der Waals surface area (Å²) in [6.07, 6.45) is 3.77. The molecule has 154 valence electrons. The van der Waals surface area contributed by atoms with E-state index in [4.69, 9.17) is 11.6 Å². The van der Waals surface area contributed by atoms with E-state index in [1.807, 2.05) is 24.0 Å². The van der Waals surface area contributed by atoms with Crippen LogP contribution in [0, 0.1) is 6.92 Å². The maximum Gasteiger partial charge on any atom is 0.254 e. The van der Waals surface area contributed by atoms with Crippen LogP contribution in [-0.4, -0.2) is 39.8 Å². The molecule has 5 rings (SSSR count). The maximum atomic E-state index is 13.0. The van der Waals surface area contributed by atoms with Crippen molar-refractivity contribution in [1.82, 2.24) is 20.2 Å². The van der Waals surface area contributed by atoms with Gasteiger partial charge in [-0.05, 0) is 74.6 Å². The van der Waals surface area contributed by atoms with Crippen LogP contribution in [0.5, 0.6) is 0 Å². The summed E-state index contributed by atoms with van der Waals surface area (Å²) in [5.41, 5.74) is 3.26. The second-order valence-corrected chi connectivity index (χ2v) is 8.75. The molecule has 0 radical (unpaired) electrons. The average molecular weight is 423 g/mol. The first-order chi connectivity index (χ1) is 14.4. The zero-order chi connectivity index (χ0) is 20.9. The van der Waals surface area contributed by atoms with Gasteiger partial charge in [0.15, 0.2) is 0 Å². The number of nitrogens with zero attached hydrogens (tertiary/aromatic N) is 2. The zero-order valence-corrected chi connectivity index (χ0v) is 17.6. The van der Waals surface area contributed by atoms with Crippen molar-refractivity contribution < 1.29 is 9.59 Å². The third-order valence-electron chi connectivity index (χ3n) is 6.11. The smallest absolute Gasteiger partial charge is 0.254 e. The number of aromatic nitrogens is 2. The number of aromatic amines is 1. The van der Waals surface area contributed by atoms with Gasteiger partial charge in [-0.3, -0.25) is 9.59 Å². The van der Waals surface area contributed by atoms with Gasteiger partial charge in [0.2, 0.25) is 0 Å². The molecule has 2 aromatic carbocycles. The number of rotatable bonds is 4. The van der Waals surface area contributed by atoms with Gasteiger partial charge in [0, 0.05) is 29.2 Å².